The SMILES string of the molecule is Cn1nccc1C(=O)N1CCOC(c2ccc(C(F)(F)F)cc2)C1. The van der Waals surface area contributed by atoms with Crippen molar-refractivity contribution in [1.29, 1.82) is 0 Å². The summed E-state index contributed by atoms with van der Waals surface area (Å²) in [4.78, 5) is 14.1. The highest BCUT2D eigenvalue weighted by molar-refractivity contribution is 5.92. The Labute approximate surface area is 136 Å². The monoisotopic (exact) mass is 339 g/mol. The molecule has 8 heteroatoms. The number of nitrogens with zero attached hydrogens (tertiary/aromatic N) is 3. The van der Waals surface area contributed by atoms with Crippen molar-refractivity contribution >= 4 is 5.91 Å². The van der Waals surface area contributed by atoms with Gasteiger partial charge in [0.2, 0.25) is 0 Å². The van der Waals surface area contributed by atoms with Gasteiger partial charge < -0.3 is 9.64 Å². The third-order valence-corrected chi connectivity index (χ3v) is 4.00. The summed E-state index contributed by atoms with van der Waals surface area (Å²) in [5.74, 6) is -0.171. The van der Waals surface area contributed by atoms with E-state index in [4.69, 9.17) is 4.74 Å². The number of hydrogen-bond acceptors (Lipinski definition) is 3. The maximum Gasteiger partial charge on any atom is 0.416 e. The number of aromatic nitrogens is 2. The van der Waals surface area contributed by atoms with Crippen LogP contribution in [-0.2, 0) is 18.0 Å². The first-order valence-corrected chi connectivity index (χ1v) is 7.42. The molecule has 0 radical (unpaired) electrons. The molecule has 1 atom stereocenters. The highest BCUT2D eigenvalue weighted by Gasteiger charge is 2.31. The lowest BCUT2D eigenvalue weighted by Crippen LogP contribution is -2.42. The fraction of sp³-hybridized carbons (Fsp3) is 0.375. The highest BCUT2D eigenvalue weighted by Crippen LogP contribution is 2.31. The number of hydrogen-bond donors (Lipinski definition) is 0. The number of morpholine rings is 1. The van der Waals surface area contributed by atoms with Crippen molar-refractivity contribution in [3.05, 3.63) is 53.3 Å². The number of aryl methyl sites for hydroxylation is 1. The van der Waals surface area contributed by atoms with Gasteiger partial charge in [-0.3, -0.25) is 9.48 Å². The molecule has 1 saturated heterocycles. The predicted molar refractivity (Wildman–Crippen MR) is 79.2 cm³/mol. The fourth-order valence-corrected chi connectivity index (χ4v) is 2.67. The van der Waals surface area contributed by atoms with E-state index in [1.807, 2.05) is 0 Å². The molecule has 128 valence electrons. The third-order valence-electron chi connectivity index (χ3n) is 4.00. The Kier molecular flexibility index (Phi) is 4.31. The van der Waals surface area contributed by atoms with E-state index in [1.165, 1.54) is 16.8 Å². The van der Waals surface area contributed by atoms with Crippen LogP contribution in [0.15, 0.2) is 36.5 Å². The van der Waals surface area contributed by atoms with Gasteiger partial charge in [-0.05, 0) is 23.8 Å². The van der Waals surface area contributed by atoms with Crippen LogP contribution in [0.5, 0.6) is 0 Å². The highest BCUT2D eigenvalue weighted by atomic mass is 19.4. The summed E-state index contributed by atoms with van der Waals surface area (Å²) in [5.41, 5.74) is 0.374. The van der Waals surface area contributed by atoms with Crippen LogP contribution < -0.4 is 0 Å². The predicted octanol–water partition coefficient (Wildman–Crippen LogP) is 2.65. The van der Waals surface area contributed by atoms with E-state index < -0.39 is 17.8 Å². The maximum absolute atomic E-state index is 12.6. The van der Waals surface area contributed by atoms with E-state index in [-0.39, 0.29) is 12.5 Å². The summed E-state index contributed by atoms with van der Waals surface area (Å²) in [7, 11) is 1.68. The molecule has 0 saturated carbocycles. The van der Waals surface area contributed by atoms with Gasteiger partial charge in [0.25, 0.3) is 5.91 Å². The van der Waals surface area contributed by atoms with E-state index in [0.29, 0.717) is 24.4 Å². The van der Waals surface area contributed by atoms with Crippen LogP contribution in [0.25, 0.3) is 0 Å². The molecule has 1 amide bonds. The second-order valence-corrected chi connectivity index (χ2v) is 5.57. The molecule has 24 heavy (non-hydrogen) atoms. The van der Waals surface area contributed by atoms with Crippen molar-refractivity contribution in [3.8, 4) is 0 Å². The van der Waals surface area contributed by atoms with Gasteiger partial charge in [-0.2, -0.15) is 18.3 Å². The van der Waals surface area contributed by atoms with Gasteiger partial charge >= 0.3 is 6.18 Å². The largest absolute Gasteiger partial charge is 0.416 e. The maximum atomic E-state index is 12.6. The number of ether oxygens (including phenoxy) is 1. The lowest BCUT2D eigenvalue weighted by atomic mass is 10.0. The lowest BCUT2D eigenvalue weighted by Gasteiger charge is -2.33. The molecular weight excluding hydrogens is 323 g/mol. The van der Waals surface area contributed by atoms with Crippen molar-refractivity contribution in [1.82, 2.24) is 14.7 Å². The molecule has 0 spiro atoms. The van der Waals surface area contributed by atoms with E-state index in [2.05, 4.69) is 5.10 Å². The zero-order chi connectivity index (χ0) is 17.3. The topological polar surface area (TPSA) is 47.4 Å². The summed E-state index contributed by atoms with van der Waals surface area (Å²) >= 11 is 0. The number of carbonyl (C=O) groups is 1. The molecule has 0 aliphatic carbocycles. The minimum absolute atomic E-state index is 0.171. The molecule has 1 aromatic carbocycles. The summed E-state index contributed by atoms with van der Waals surface area (Å²) in [6.45, 7) is 1.05. The minimum Gasteiger partial charge on any atom is -0.370 e. The number of amides is 1. The second kappa shape index (κ2) is 6.27. The summed E-state index contributed by atoms with van der Waals surface area (Å²) in [6, 6.07) is 6.48. The minimum atomic E-state index is -4.37. The number of carbonyl (C=O) groups excluding carboxylic acids is 1. The standard InChI is InChI=1S/C16H16F3N3O2/c1-21-13(6-7-20-21)15(23)22-8-9-24-14(10-22)11-2-4-12(5-3-11)16(17,18)19/h2-7,14H,8-10H2,1H3. The molecule has 0 bridgehead atoms. The van der Waals surface area contributed by atoms with E-state index >= 15 is 0 Å². The smallest absolute Gasteiger partial charge is 0.370 e. The number of halogens is 3. The van der Waals surface area contributed by atoms with E-state index in [1.54, 1.807) is 24.2 Å². The summed E-state index contributed by atoms with van der Waals surface area (Å²) in [6.07, 6.45) is -3.27. The van der Waals surface area contributed by atoms with Gasteiger partial charge in [0.15, 0.2) is 0 Å². The molecule has 5 nitrogen and oxygen atoms in total. The Balaban J connectivity index is 1.74. The number of benzene rings is 1. The normalized spacial score (nSPS) is 18.7. The molecule has 0 N–H and O–H groups in total. The van der Waals surface area contributed by atoms with Gasteiger partial charge in [0.05, 0.1) is 18.7 Å². The number of rotatable bonds is 2. The Morgan fingerprint density at radius 3 is 2.54 bits per heavy atom. The second-order valence-electron chi connectivity index (χ2n) is 5.57. The van der Waals surface area contributed by atoms with Gasteiger partial charge in [-0.15, -0.1) is 0 Å². The van der Waals surface area contributed by atoms with Crippen molar-refractivity contribution in [2.75, 3.05) is 19.7 Å². The van der Waals surface area contributed by atoms with Crippen molar-refractivity contribution in [3.63, 3.8) is 0 Å². The molecule has 1 fully saturated rings. The molecule has 2 heterocycles. The average molecular weight is 339 g/mol. The quantitative estimate of drug-likeness (QED) is 0.845. The van der Waals surface area contributed by atoms with Crippen LogP contribution >= 0.6 is 0 Å². The molecule has 3 rings (SSSR count). The first kappa shape index (κ1) is 16.5. The fourth-order valence-electron chi connectivity index (χ4n) is 2.67. The van der Waals surface area contributed by atoms with E-state index in [9.17, 15) is 18.0 Å². The first-order chi connectivity index (χ1) is 11.4. The lowest BCUT2D eigenvalue weighted by molar-refractivity contribution is -0.137. The number of alkyl halides is 3. The van der Waals surface area contributed by atoms with Gasteiger partial charge in [0, 0.05) is 19.8 Å². The molecule has 2 aromatic rings. The summed E-state index contributed by atoms with van der Waals surface area (Å²) in [5, 5.41) is 3.97. The molecular formula is C16H16F3N3O2. The summed E-state index contributed by atoms with van der Waals surface area (Å²) < 4.78 is 45.0. The van der Waals surface area contributed by atoms with Crippen molar-refractivity contribution in [2.45, 2.75) is 12.3 Å². The van der Waals surface area contributed by atoms with Crippen LogP contribution in [-0.4, -0.2) is 40.3 Å². The van der Waals surface area contributed by atoms with Crippen LogP contribution in [0, 0.1) is 0 Å². The Hall–Kier alpha value is -2.35. The van der Waals surface area contributed by atoms with Gasteiger partial charge in [-0.25, -0.2) is 0 Å². The van der Waals surface area contributed by atoms with Crippen molar-refractivity contribution in [2.24, 2.45) is 7.05 Å². The Morgan fingerprint density at radius 1 is 1.25 bits per heavy atom. The molecule has 1 aromatic heterocycles. The van der Waals surface area contributed by atoms with Crippen LogP contribution in [0.1, 0.15) is 27.7 Å². The zero-order valence-corrected chi connectivity index (χ0v) is 13.0. The molecule has 1 aliphatic rings. The van der Waals surface area contributed by atoms with Crippen molar-refractivity contribution < 1.29 is 22.7 Å². The van der Waals surface area contributed by atoms with E-state index in [0.717, 1.165) is 12.1 Å². The molecule has 1 aliphatic heterocycles. The van der Waals surface area contributed by atoms with Gasteiger partial charge in [0.1, 0.15) is 11.8 Å². The Morgan fingerprint density at radius 2 is 1.96 bits per heavy atom. The van der Waals surface area contributed by atoms with Crippen LogP contribution in [0.4, 0.5) is 13.2 Å². The molecule has 1 unspecified atom stereocenters. The van der Waals surface area contributed by atoms with Crippen LogP contribution in [0.2, 0.25) is 0 Å². The van der Waals surface area contributed by atoms with Crippen LogP contribution in [0.3, 0.4) is 0 Å². The Bertz CT molecular complexity index is 725. The van der Waals surface area contributed by atoms with Gasteiger partial charge in [-0.1, -0.05) is 12.1 Å². The zero-order valence-electron chi connectivity index (χ0n) is 13.0. The first-order valence-electron chi connectivity index (χ1n) is 7.42. The average Bonchev–Trinajstić information content (AvgIpc) is 3.00. The third kappa shape index (κ3) is 3.28.